The number of benzene rings is 2. The number of nitrogens with zero attached hydrogens (tertiary/aromatic N) is 2. The lowest BCUT2D eigenvalue weighted by atomic mass is 9.92. The topological polar surface area (TPSA) is 51.6 Å². The molecule has 2 aromatic carbocycles. The highest BCUT2D eigenvalue weighted by Crippen LogP contribution is 2.40. The monoisotopic (exact) mass is 447 g/mol. The molecule has 1 aliphatic heterocycles. The molecule has 0 amide bonds. The van der Waals surface area contributed by atoms with Crippen LogP contribution in [-0.2, 0) is 6.18 Å². The van der Waals surface area contributed by atoms with Crippen LogP contribution in [0.15, 0.2) is 41.4 Å². The fraction of sp³-hybridized carbons (Fsp3) is 0.375. The summed E-state index contributed by atoms with van der Waals surface area (Å²) in [6, 6.07) is 8.30. The van der Waals surface area contributed by atoms with Gasteiger partial charge in [-0.3, -0.25) is 4.99 Å². The van der Waals surface area contributed by atoms with Crippen LogP contribution in [-0.4, -0.2) is 29.4 Å². The summed E-state index contributed by atoms with van der Waals surface area (Å²) in [4.78, 5) is 8.54. The predicted octanol–water partition coefficient (Wildman–Crippen LogP) is 6.80. The maximum atomic E-state index is 14.2. The first-order chi connectivity index (χ1) is 15.3. The minimum atomic E-state index is -4.53. The summed E-state index contributed by atoms with van der Waals surface area (Å²) in [7, 11) is 0. The Morgan fingerprint density at radius 2 is 1.94 bits per heavy atom. The quantitative estimate of drug-likeness (QED) is 0.334. The van der Waals surface area contributed by atoms with Crippen LogP contribution >= 0.6 is 0 Å². The van der Waals surface area contributed by atoms with Gasteiger partial charge in [0.15, 0.2) is 5.88 Å². The van der Waals surface area contributed by atoms with E-state index in [1.165, 1.54) is 30.5 Å². The Hall–Kier alpha value is -3.03. The second kappa shape index (κ2) is 8.84. The van der Waals surface area contributed by atoms with E-state index in [0.29, 0.717) is 24.5 Å². The Morgan fingerprint density at radius 3 is 2.62 bits per heavy atom. The van der Waals surface area contributed by atoms with E-state index < -0.39 is 17.6 Å². The van der Waals surface area contributed by atoms with Crippen LogP contribution in [0.1, 0.15) is 43.7 Å². The lowest BCUT2D eigenvalue weighted by Crippen LogP contribution is -2.35. The largest absolute Gasteiger partial charge is 0.494 e. The smallest absolute Gasteiger partial charge is 0.418 e. The molecule has 0 aliphatic carbocycles. The van der Waals surface area contributed by atoms with E-state index in [4.69, 9.17) is 0 Å². The van der Waals surface area contributed by atoms with E-state index >= 15 is 0 Å². The summed E-state index contributed by atoms with van der Waals surface area (Å²) in [6.07, 6.45) is 0.613. The van der Waals surface area contributed by atoms with Gasteiger partial charge in [0, 0.05) is 30.4 Å². The van der Waals surface area contributed by atoms with E-state index in [2.05, 4.69) is 16.9 Å². The van der Waals surface area contributed by atoms with Crippen LogP contribution in [0.2, 0.25) is 0 Å². The molecule has 4 rings (SSSR count). The number of anilines is 1. The first-order valence-corrected chi connectivity index (χ1v) is 10.8. The Bertz CT molecular complexity index is 1130. The molecule has 170 valence electrons. The summed E-state index contributed by atoms with van der Waals surface area (Å²) >= 11 is 0. The molecule has 1 aliphatic rings. The summed E-state index contributed by atoms with van der Waals surface area (Å²) in [6.45, 7) is 3.31. The SMILES string of the molecule is CCCC1CCN(c2ccc(N=Cc3c(O)[nH]c4cccc(F)c34)cc2C(F)(F)F)CC1. The average molecular weight is 447 g/mol. The maximum absolute atomic E-state index is 14.2. The van der Waals surface area contributed by atoms with Gasteiger partial charge in [-0.15, -0.1) is 0 Å². The number of aliphatic imine (C=N–C) groups is 1. The van der Waals surface area contributed by atoms with Gasteiger partial charge in [0.25, 0.3) is 0 Å². The molecule has 0 saturated carbocycles. The minimum Gasteiger partial charge on any atom is -0.494 e. The highest BCUT2D eigenvalue weighted by molar-refractivity contribution is 6.02. The summed E-state index contributed by atoms with van der Waals surface area (Å²) in [5, 5.41) is 10.2. The lowest BCUT2D eigenvalue weighted by molar-refractivity contribution is -0.137. The number of alkyl halides is 3. The van der Waals surface area contributed by atoms with Crippen molar-refractivity contribution in [1.29, 1.82) is 0 Å². The molecule has 0 unspecified atom stereocenters. The van der Waals surface area contributed by atoms with E-state index in [9.17, 15) is 22.7 Å². The van der Waals surface area contributed by atoms with Crippen LogP contribution in [0.3, 0.4) is 0 Å². The van der Waals surface area contributed by atoms with Gasteiger partial charge in [-0.2, -0.15) is 13.2 Å². The van der Waals surface area contributed by atoms with Crippen molar-refractivity contribution in [3.8, 4) is 5.88 Å². The molecule has 1 fully saturated rings. The van der Waals surface area contributed by atoms with Gasteiger partial charge in [0.05, 0.1) is 22.3 Å². The molecule has 8 heteroatoms. The summed E-state index contributed by atoms with van der Waals surface area (Å²) in [5.41, 5.74) is -0.0367. The first-order valence-electron chi connectivity index (χ1n) is 10.8. The number of hydrogen-bond donors (Lipinski definition) is 2. The van der Waals surface area contributed by atoms with Gasteiger partial charge in [-0.1, -0.05) is 25.8 Å². The number of rotatable bonds is 5. The van der Waals surface area contributed by atoms with Crippen LogP contribution < -0.4 is 4.90 Å². The Kier molecular flexibility index (Phi) is 6.13. The Balaban J connectivity index is 1.64. The molecule has 4 nitrogen and oxygen atoms in total. The molecular weight excluding hydrogens is 422 g/mol. The predicted molar refractivity (Wildman–Crippen MR) is 118 cm³/mol. The van der Waals surface area contributed by atoms with Gasteiger partial charge in [0.1, 0.15) is 5.82 Å². The van der Waals surface area contributed by atoms with Crippen LogP contribution in [0, 0.1) is 11.7 Å². The van der Waals surface area contributed by atoms with Gasteiger partial charge >= 0.3 is 6.18 Å². The average Bonchev–Trinajstić information content (AvgIpc) is 3.08. The number of nitrogens with one attached hydrogen (secondary N) is 1. The fourth-order valence-corrected chi connectivity index (χ4v) is 4.46. The molecule has 0 bridgehead atoms. The minimum absolute atomic E-state index is 0.0760. The third-order valence-electron chi connectivity index (χ3n) is 6.07. The zero-order valence-electron chi connectivity index (χ0n) is 17.7. The van der Waals surface area contributed by atoms with Gasteiger partial charge < -0.3 is 15.0 Å². The second-order valence-corrected chi connectivity index (χ2v) is 8.23. The van der Waals surface area contributed by atoms with Crippen LogP contribution in [0.25, 0.3) is 10.9 Å². The molecular formula is C24H25F4N3O. The number of H-pyrrole nitrogens is 1. The van der Waals surface area contributed by atoms with Crippen molar-refractivity contribution in [2.24, 2.45) is 10.9 Å². The molecule has 2 N–H and O–H groups in total. The lowest BCUT2D eigenvalue weighted by Gasteiger charge is -2.35. The van der Waals surface area contributed by atoms with E-state index in [1.54, 1.807) is 11.0 Å². The van der Waals surface area contributed by atoms with Crippen molar-refractivity contribution in [3.63, 3.8) is 0 Å². The van der Waals surface area contributed by atoms with Gasteiger partial charge in [-0.25, -0.2) is 4.39 Å². The molecule has 0 radical (unpaired) electrons. The van der Waals surface area contributed by atoms with Crippen molar-refractivity contribution >= 4 is 28.5 Å². The number of aromatic amines is 1. The van der Waals surface area contributed by atoms with Gasteiger partial charge in [0.2, 0.25) is 0 Å². The zero-order chi connectivity index (χ0) is 22.9. The normalized spacial score (nSPS) is 15.8. The highest BCUT2D eigenvalue weighted by Gasteiger charge is 2.36. The highest BCUT2D eigenvalue weighted by atomic mass is 19.4. The maximum Gasteiger partial charge on any atom is 0.418 e. The molecule has 1 aromatic heterocycles. The summed E-state index contributed by atoms with van der Waals surface area (Å²) < 4.78 is 55.7. The van der Waals surface area contributed by atoms with Crippen LogP contribution in [0.5, 0.6) is 5.88 Å². The molecule has 1 saturated heterocycles. The molecule has 0 atom stereocenters. The second-order valence-electron chi connectivity index (χ2n) is 8.23. The molecule has 3 aromatic rings. The number of aromatic nitrogens is 1. The Labute approximate surface area is 183 Å². The van der Waals surface area contributed by atoms with Crippen molar-refractivity contribution < 1.29 is 22.7 Å². The van der Waals surface area contributed by atoms with E-state index in [0.717, 1.165) is 31.7 Å². The molecule has 32 heavy (non-hydrogen) atoms. The van der Waals surface area contributed by atoms with Crippen LogP contribution in [0.4, 0.5) is 28.9 Å². The molecule has 0 spiro atoms. The van der Waals surface area contributed by atoms with Crippen molar-refractivity contribution in [2.75, 3.05) is 18.0 Å². The third kappa shape index (κ3) is 4.45. The number of aromatic hydroxyl groups is 1. The first kappa shape index (κ1) is 22.2. The number of piperidine rings is 1. The standard InChI is InChI=1S/C24H25F4N3O/c1-2-4-15-9-11-31(12-10-15)21-8-7-16(13-18(21)24(26,27)28)29-14-17-22-19(25)5-3-6-20(22)30-23(17)32/h3,5-8,13-15,30,32H,2,4,9-12H2,1H3. The number of hydrogen-bond acceptors (Lipinski definition) is 3. The van der Waals surface area contributed by atoms with Crippen molar-refractivity contribution in [3.05, 3.63) is 53.3 Å². The van der Waals surface area contributed by atoms with E-state index in [1.807, 2.05) is 0 Å². The zero-order valence-corrected chi connectivity index (χ0v) is 17.7. The third-order valence-corrected chi connectivity index (χ3v) is 6.07. The van der Waals surface area contributed by atoms with E-state index in [-0.39, 0.29) is 28.2 Å². The fourth-order valence-electron chi connectivity index (χ4n) is 4.46. The van der Waals surface area contributed by atoms with Gasteiger partial charge in [-0.05, 0) is 49.1 Å². The van der Waals surface area contributed by atoms with Crippen molar-refractivity contribution in [2.45, 2.75) is 38.8 Å². The van der Waals surface area contributed by atoms with Crippen molar-refractivity contribution in [1.82, 2.24) is 4.98 Å². The summed E-state index contributed by atoms with van der Waals surface area (Å²) in [5.74, 6) is -0.284. The Morgan fingerprint density at radius 1 is 1.19 bits per heavy atom. The molecule has 2 heterocycles. The number of fused-ring (bicyclic) bond motifs is 1. The number of halogens is 4.